The fourth-order valence-electron chi connectivity index (χ4n) is 3.69. The molecule has 6 heteroatoms. The molecule has 0 aliphatic rings. The third kappa shape index (κ3) is 5.99. The van der Waals surface area contributed by atoms with E-state index >= 15 is 0 Å². The largest absolute Gasteiger partial charge is 0.496 e. The maximum Gasteiger partial charge on any atom is 0.132 e. The molecule has 178 valence electrons. The summed E-state index contributed by atoms with van der Waals surface area (Å²) in [5.74, 6) is 2.56. The minimum Gasteiger partial charge on any atom is -0.496 e. The molecule has 0 amide bonds. The molecule has 1 aromatic carbocycles. The molecule has 0 aliphatic heterocycles. The fraction of sp³-hybridized carbons (Fsp3) is 0.407. The molecule has 0 spiro atoms. The quantitative estimate of drug-likeness (QED) is 0.271. The molecule has 2 heterocycles. The highest BCUT2D eigenvalue weighted by Crippen LogP contribution is 2.46. The Kier molecular flexibility index (Phi) is 8.63. The van der Waals surface area contributed by atoms with E-state index in [-0.39, 0.29) is 18.3 Å². The number of rotatable bonds is 10. The van der Waals surface area contributed by atoms with E-state index in [1.807, 2.05) is 52.8 Å². The van der Waals surface area contributed by atoms with Gasteiger partial charge in [0.2, 0.25) is 0 Å². The topological polar surface area (TPSA) is 36.9 Å². The van der Waals surface area contributed by atoms with Crippen LogP contribution >= 0.6 is 22.7 Å². The van der Waals surface area contributed by atoms with Crippen molar-refractivity contribution < 1.29 is 18.9 Å². The summed E-state index contributed by atoms with van der Waals surface area (Å²) in [6.07, 6.45) is 0.143. The lowest BCUT2D eigenvalue weighted by Crippen LogP contribution is -2.12. The summed E-state index contributed by atoms with van der Waals surface area (Å²) in [7, 11) is 3.43. The summed E-state index contributed by atoms with van der Waals surface area (Å²) in [4.78, 5) is 4.69. The van der Waals surface area contributed by atoms with Crippen LogP contribution < -0.4 is 9.47 Å². The normalized spacial score (nSPS) is 13.3. The standard InChI is InChI=1S/C27H34O4S2/c1-16(2)30-19(6)26(18(5)28-7)24-14-12-22(32-24)23-13-15-25(33-23)27-20(29-8)10-9-11-21(27)31-17(3)4/h9-18H,1-8H3. The van der Waals surface area contributed by atoms with Gasteiger partial charge in [0.1, 0.15) is 17.3 Å². The van der Waals surface area contributed by atoms with Gasteiger partial charge in [-0.1, -0.05) is 6.07 Å². The number of methoxy groups -OCH3 is 2. The first kappa shape index (κ1) is 25.3. The Bertz CT molecular complexity index is 1090. The SMILES string of the molecule is COc1cccc(OC(C)C)c1-c1ccc(-c2ccc(C(=C(C)OC(C)C)C(C)OC)s2)s1. The van der Waals surface area contributed by atoms with Crippen LogP contribution in [0, 0.1) is 0 Å². The van der Waals surface area contributed by atoms with Crippen molar-refractivity contribution in [3.05, 3.63) is 53.1 Å². The minimum atomic E-state index is -0.0570. The van der Waals surface area contributed by atoms with Crippen molar-refractivity contribution >= 4 is 28.2 Å². The van der Waals surface area contributed by atoms with Crippen molar-refractivity contribution in [2.45, 2.75) is 59.9 Å². The van der Waals surface area contributed by atoms with Crippen LogP contribution in [0.3, 0.4) is 0 Å². The lowest BCUT2D eigenvalue weighted by atomic mass is 10.1. The zero-order chi connectivity index (χ0) is 24.1. The fourth-order valence-corrected chi connectivity index (χ4v) is 6.02. The summed E-state index contributed by atoms with van der Waals surface area (Å²) < 4.78 is 23.4. The van der Waals surface area contributed by atoms with Gasteiger partial charge in [0.15, 0.2) is 0 Å². The van der Waals surface area contributed by atoms with E-state index in [9.17, 15) is 0 Å². The van der Waals surface area contributed by atoms with Gasteiger partial charge in [-0.25, -0.2) is 0 Å². The Morgan fingerprint density at radius 3 is 2.03 bits per heavy atom. The lowest BCUT2D eigenvalue weighted by molar-refractivity contribution is 0.134. The van der Waals surface area contributed by atoms with Crippen LogP contribution in [-0.4, -0.2) is 32.5 Å². The van der Waals surface area contributed by atoms with Crippen LogP contribution in [0.5, 0.6) is 11.5 Å². The van der Waals surface area contributed by atoms with Crippen molar-refractivity contribution in [1.29, 1.82) is 0 Å². The Morgan fingerprint density at radius 2 is 1.39 bits per heavy atom. The van der Waals surface area contributed by atoms with Crippen molar-refractivity contribution in [2.24, 2.45) is 0 Å². The van der Waals surface area contributed by atoms with E-state index < -0.39 is 0 Å². The molecular formula is C27H34O4S2. The molecule has 3 rings (SSSR count). The van der Waals surface area contributed by atoms with Gasteiger partial charge in [-0.3, -0.25) is 0 Å². The summed E-state index contributed by atoms with van der Waals surface area (Å²) in [6.45, 7) is 12.2. The second kappa shape index (κ2) is 11.2. The van der Waals surface area contributed by atoms with Crippen LogP contribution in [0.1, 0.15) is 46.4 Å². The third-order valence-corrected chi connectivity index (χ3v) is 7.51. The first-order valence-electron chi connectivity index (χ1n) is 11.2. The highest BCUT2D eigenvalue weighted by atomic mass is 32.1. The minimum absolute atomic E-state index is 0.0570. The van der Waals surface area contributed by atoms with Gasteiger partial charge in [0.05, 0.1) is 31.0 Å². The van der Waals surface area contributed by atoms with E-state index in [1.54, 1.807) is 36.9 Å². The molecular weight excluding hydrogens is 452 g/mol. The molecule has 0 saturated heterocycles. The molecule has 3 aromatic rings. The highest BCUT2D eigenvalue weighted by molar-refractivity contribution is 7.24. The van der Waals surface area contributed by atoms with Crippen molar-refractivity contribution in [2.75, 3.05) is 14.2 Å². The van der Waals surface area contributed by atoms with Crippen LogP contribution in [0.15, 0.2) is 48.2 Å². The molecule has 0 radical (unpaired) electrons. The van der Waals surface area contributed by atoms with Gasteiger partial charge < -0.3 is 18.9 Å². The van der Waals surface area contributed by atoms with E-state index in [4.69, 9.17) is 18.9 Å². The lowest BCUT2D eigenvalue weighted by Gasteiger charge is -2.19. The zero-order valence-corrected chi connectivity index (χ0v) is 22.4. The average molecular weight is 487 g/mol. The van der Waals surface area contributed by atoms with Crippen molar-refractivity contribution in [1.82, 2.24) is 0 Å². The van der Waals surface area contributed by atoms with Gasteiger partial charge in [0.25, 0.3) is 0 Å². The zero-order valence-electron chi connectivity index (χ0n) is 20.7. The molecule has 2 aromatic heterocycles. The van der Waals surface area contributed by atoms with Crippen LogP contribution in [0.4, 0.5) is 0 Å². The second-order valence-electron chi connectivity index (χ2n) is 8.34. The summed E-state index contributed by atoms with van der Waals surface area (Å²) in [6, 6.07) is 14.6. The monoisotopic (exact) mass is 486 g/mol. The summed E-state index contributed by atoms with van der Waals surface area (Å²) in [5.41, 5.74) is 2.09. The van der Waals surface area contributed by atoms with E-state index in [2.05, 4.69) is 31.2 Å². The summed E-state index contributed by atoms with van der Waals surface area (Å²) in [5, 5.41) is 0. The molecule has 1 unspecified atom stereocenters. The Balaban J connectivity index is 1.99. The number of hydrogen-bond acceptors (Lipinski definition) is 6. The van der Waals surface area contributed by atoms with Gasteiger partial charge in [-0.15, -0.1) is 22.7 Å². The first-order chi connectivity index (χ1) is 15.7. The maximum absolute atomic E-state index is 6.08. The Hall–Kier alpha value is -2.28. The van der Waals surface area contributed by atoms with Crippen LogP contribution in [0.25, 0.3) is 25.8 Å². The van der Waals surface area contributed by atoms with Crippen molar-refractivity contribution in [3.63, 3.8) is 0 Å². The summed E-state index contributed by atoms with van der Waals surface area (Å²) >= 11 is 3.50. The molecule has 33 heavy (non-hydrogen) atoms. The van der Waals surface area contributed by atoms with Gasteiger partial charge in [0, 0.05) is 32.2 Å². The number of benzene rings is 1. The second-order valence-corrected chi connectivity index (χ2v) is 10.5. The first-order valence-corrected chi connectivity index (χ1v) is 12.8. The van der Waals surface area contributed by atoms with E-state index in [1.165, 1.54) is 9.75 Å². The molecule has 0 aliphatic carbocycles. The average Bonchev–Trinajstić information content (AvgIpc) is 3.42. The molecule has 0 saturated carbocycles. The number of thiophene rings is 2. The Morgan fingerprint density at radius 1 is 0.758 bits per heavy atom. The van der Waals surface area contributed by atoms with Crippen molar-refractivity contribution in [3.8, 4) is 31.7 Å². The predicted octanol–water partition coefficient (Wildman–Crippen LogP) is 8.13. The number of ether oxygens (including phenoxy) is 4. The molecule has 1 atom stereocenters. The third-order valence-electron chi connectivity index (χ3n) is 5.09. The Labute approximate surface area is 205 Å². The molecule has 0 fully saturated rings. The van der Waals surface area contributed by atoms with Gasteiger partial charge in [-0.05, 0) is 77.9 Å². The highest BCUT2D eigenvalue weighted by Gasteiger charge is 2.20. The molecule has 0 bridgehead atoms. The number of hydrogen-bond donors (Lipinski definition) is 0. The molecule has 4 nitrogen and oxygen atoms in total. The predicted molar refractivity (Wildman–Crippen MR) is 141 cm³/mol. The van der Waals surface area contributed by atoms with Gasteiger partial charge >= 0.3 is 0 Å². The number of allylic oxidation sites excluding steroid dienone is 1. The van der Waals surface area contributed by atoms with E-state index in [0.717, 1.165) is 38.1 Å². The van der Waals surface area contributed by atoms with E-state index in [0.29, 0.717) is 0 Å². The smallest absolute Gasteiger partial charge is 0.132 e. The molecule has 0 N–H and O–H groups in total. The van der Waals surface area contributed by atoms with Crippen LogP contribution in [-0.2, 0) is 9.47 Å². The van der Waals surface area contributed by atoms with Gasteiger partial charge in [-0.2, -0.15) is 0 Å². The maximum atomic E-state index is 6.08. The van der Waals surface area contributed by atoms with Crippen LogP contribution in [0.2, 0.25) is 0 Å².